The van der Waals surface area contributed by atoms with E-state index >= 15 is 0 Å². The quantitative estimate of drug-likeness (QED) is 0.802. The van der Waals surface area contributed by atoms with Crippen molar-refractivity contribution in [3.05, 3.63) is 65.6 Å². The van der Waals surface area contributed by atoms with Gasteiger partial charge in [-0.3, -0.25) is 0 Å². The second-order valence-corrected chi connectivity index (χ2v) is 5.37. The summed E-state index contributed by atoms with van der Waals surface area (Å²) in [4.78, 5) is 4.52. The first-order valence-electron chi connectivity index (χ1n) is 7.16. The van der Waals surface area contributed by atoms with Crippen LogP contribution in [0.3, 0.4) is 0 Å². The standard InChI is InChI=1S/C17H16N2O2/c20-15-8-7-14-13(15)4-3-5-16(14)21-11-12-10-19-9-2-1-6-17(19)18-12/h1-6,9-10,15,20H,7-8,11H2. The fraction of sp³-hybridized carbons (Fsp3) is 0.235. The molecule has 1 aromatic carbocycles. The minimum atomic E-state index is -0.348. The fourth-order valence-corrected chi connectivity index (χ4v) is 2.94. The van der Waals surface area contributed by atoms with Crippen molar-refractivity contribution in [2.45, 2.75) is 25.6 Å². The molecule has 0 amide bonds. The fourth-order valence-electron chi connectivity index (χ4n) is 2.94. The normalized spacial score (nSPS) is 17.1. The van der Waals surface area contributed by atoms with Crippen molar-refractivity contribution >= 4 is 5.65 Å². The minimum absolute atomic E-state index is 0.348. The molecule has 4 nitrogen and oxygen atoms in total. The summed E-state index contributed by atoms with van der Waals surface area (Å²) in [6.07, 6.45) is 5.26. The monoisotopic (exact) mass is 280 g/mol. The Morgan fingerprint density at radius 1 is 1.24 bits per heavy atom. The Morgan fingerprint density at radius 2 is 2.19 bits per heavy atom. The summed E-state index contributed by atoms with van der Waals surface area (Å²) in [6.45, 7) is 0.439. The summed E-state index contributed by atoms with van der Waals surface area (Å²) in [5.41, 5.74) is 3.96. The van der Waals surface area contributed by atoms with Gasteiger partial charge in [0.15, 0.2) is 0 Å². The smallest absolute Gasteiger partial charge is 0.137 e. The summed E-state index contributed by atoms with van der Waals surface area (Å²) < 4.78 is 7.91. The number of aliphatic hydroxyl groups excluding tert-OH is 1. The van der Waals surface area contributed by atoms with E-state index in [9.17, 15) is 5.11 Å². The van der Waals surface area contributed by atoms with Crippen molar-refractivity contribution in [1.82, 2.24) is 9.38 Å². The number of hydrogen-bond acceptors (Lipinski definition) is 3. The number of fused-ring (bicyclic) bond motifs is 2. The van der Waals surface area contributed by atoms with E-state index in [1.165, 1.54) is 0 Å². The highest BCUT2D eigenvalue weighted by Crippen LogP contribution is 2.36. The molecule has 0 fully saturated rings. The highest BCUT2D eigenvalue weighted by Gasteiger charge is 2.23. The van der Waals surface area contributed by atoms with Gasteiger partial charge in [0, 0.05) is 18.0 Å². The largest absolute Gasteiger partial charge is 0.487 e. The molecule has 0 aliphatic heterocycles. The van der Waals surface area contributed by atoms with Crippen LogP contribution in [0, 0.1) is 0 Å². The third-order valence-electron chi connectivity index (χ3n) is 3.99. The zero-order valence-corrected chi connectivity index (χ0v) is 11.6. The molecular formula is C17H16N2O2. The average molecular weight is 280 g/mol. The van der Waals surface area contributed by atoms with Crippen LogP contribution >= 0.6 is 0 Å². The Morgan fingerprint density at radius 3 is 3.10 bits per heavy atom. The second kappa shape index (κ2) is 4.90. The van der Waals surface area contributed by atoms with Crippen LogP contribution in [0.25, 0.3) is 5.65 Å². The molecular weight excluding hydrogens is 264 g/mol. The molecule has 2 aromatic heterocycles. The predicted molar refractivity (Wildman–Crippen MR) is 79.2 cm³/mol. The molecule has 4 rings (SSSR count). The number of imidazole rings is 1. The van der Waals surface area contributed by atoms with Gasteiger partial charge >= 0.3 is 0 Å². The Kier molecular flexibility index (Phi) is 2.89. The molecule has 3 aromatic rings. The van der Waals surface area contributed by atoms with Crippen molar-refractivity contribution in [3.8, 4) is 5.75 Å². The molecule has 0 spiro atoms. The first-order valence-corrected chi connectivity index (χ1v) is 7.16. The van der Waals surface area contributed by atoms with E-state index in [-0.39, 0.29) is 6.10 Å². The van der Waals surface area contributed by atoms with Gasteiger partial charge in [-0.2, -0.15) is 0 Å². The lowest BCUT2D eigenvalue weighted by Crippen LogP contribution is -1.99. The lowest BCUT2D eigenvalue weighted by molar-refractivity contribution is 0.180. The summed E-state index contributed by atoms with van der Waals surface area (Å²) in [5.74, 6) is 0.862. The van der Waals surface area contributed by atoms with Crippen LogP contribution in [0.2, 0.25) is 0 Å². The molecule has 0 radical (unpaired) electrons. The molecule has 4 heteroatoms. The van der Waals surface area contributed by atoms with Crippen LogP contribution in [0.15, 0.2) is 48.8 Å². The lowest BCUT2D eigenvalue weighted by atomic mass is 10.1. The van der Waals surface area contributed by atoms with Crippen molar-refractivity contribution in [3.63, 3.8) is 0 Å². The third kappa shape index (κ3) is 2.17. The van der Waals surface area contributed by atoms with Gasteiger partial charge in [0.2, 0.25) is 0 Å². The lowest BCUT2D eigenvalue weighted by Gasteiger charge is -2.10. The molecule has 0 bridgehead atoms. The first-order chi connectivity index (χ1) is 10.3. The molecule has 0 saturated carbocycles. The topological polar surface area (TPSA) is 46.8 Å². The van der Waals surface area contributed by atoms with Crippen LogP contribution in [-0.2, 0) is 13.0 Å². The Bertz CT molecular complexity index is 761. The number of hydrogen-bond donors (Lipinski definition) is 1. The number of aromatic nitrogens is 2. The molecule has 1 atom stereocenters. The van der Waals surface area contributed by atoms with Crippen LogP contribution in [0.5, 0.6) is 5.75 Å². The molecule has 1 aliphatic carbocycles. The second-order valence-electron chi connectivity index (χ2n) is 5.37. The highest BCUT2D eigenvalue weighted by atomic mass is 16.5. The van der Waals surface area contributed by atoms with Gasteiger partial charge in [0.05, 0.1) is 11.8 Å². The van der Waals surface area contributed by atoms with Crippen LogP contribution in [-0.4, -0.2) is 14.5 Å². The van der Waals surface area contributed by atoms with E-state index in [0.717, 1.165) is 41.1 Å². The summed E-state index contributed by atoms with van der Waals surface area (Å²) >= 11 is 0. The number of pyridine rings is 1. The SMILES string of the molecule is OC1CCc2c(OCc3cn4ccccc4n3)cccc21. The predicted octanol–water partition coefficient (Wildman–Crippen LogP) is 2.89. The third-order valence-corrected chi connectivity index (χ3v) is 3.99. The minimum Gasteiger partial charge on any atom is -0.487 e. The zero-order chi connectivity index (χ0) is 14.2. The first kappa shape index (κ1) is 12.4. The number of nitrogens with zero attached hydrogens (tertiary/aromatic N) is 2. The van der Waals surface area contributed by atoms with E-state index in [2.05, 4.69) is 4.98 Å². The molecule has 1 N–H and O–H groups in total. The average Bonchev–Trinajstić information content (AvgIpc) is 3.09. The number of benzene rings is 1. The molecule has 106 valence electrons. The number of aliphatic hydroxyl groups is 1. The van der Waals surface area contributed by atoms with E-state index in [1.54, 1.807) is 0 Å². The van der Waals surface area contributed by atoms with Crippen molar-refractivity contribution < 1.29 is 9.84 Å². The van der Waals surface area contributed by atoms with Crippen molar-refractivity contribution in [2.24, 2.45) is 0 Å². The van der Waals surface area contributed by atoms with E-state index in [4.69, 9.17) is 4.74 Å². The maximum absolute atomic E-state index is 9.92. The van der Waals surface area contributed by atoms with Crippen molar-refractivity contribution in [2.75, 3.05) is 0 Å². The van der Waals surface area contributed by atoms with Gasteiger partial charge in [-0.25, -0.2) is 4.98 Å². The number of rotatable bonds is 3. The highest BCUT2D eigenvalue weighted by molar-refractivity contribution is 5.44. The van der Waals surface area contributed by atoms with Gasteiger partial charge in [0.25, 0.3) is 0 Å². The maximum atomic E-state index is 9.92. The molecule has 1 unspecified atom stereocenters. The van der Waals surface area contributed by atoms with Gasteiger partial charge in [-0.05, 0) is 36.6 Å². The van der Waals surface area contributed by atoms with Crippen LogP contribution < -0.4 is 4.74 Å². The van der Waals surface area contributed by atoms with Gasteiger partial charge in [0.1, 0.15) is 18.0 Å². The zero-order valence-electron chi connectivity index (χ0n) is 11.6. The van der Waals surface area contributed by atoms with E-state index in [0.29, 0.717) is 6.61 Å². The summed E-state index contributed by atoms with van der Waals surface area (Å²) in [5, 5.41) is 9.92. The van der Waals surface area contributed by atoms with Gasteiger partial charge in [-0.15, -0.1) is 0 Å². The van der Waals surface area contributed by atoms with Crippen molar-refractivity contribution in [1.29, 1.82) is 0 Å². The maximum Gasteiger partial charge on any atom is 0.137 e. The molecule has 21 heavy (non-hydrogen) atoms. The Balaban J connectivity index is 1.57. The van der Waals surface area contributed by atoms with E-state index in [1.807, 2.05) is 53.2 Å². The molecule has 1 aliphatic rings. The van der Waals surface area contributed by atoms with Crippen LogP contribution in [0.4, 0.5) is 0 Å². The van der Waals surface area contributed by atoms with Gasteiger partial charge < -0.3 is 14.2 Å². The number of ether oxygens (including phenoxy) is 1. The van der Waals surface area contributed by atoms with Crippen LogP contribution in [0.1, 0.15) is 29.3 Å². The Hall–Kier alpha value is -2.33. The summed E-state index contributed by atoms with van der Waals surface area (Å²) in [7, 11) is 0. The van der Waals surface area contributed by atoms with E-state index < -0.39 is 0 Å². The molecule has 0 saturated heterocycles. The van der Waals surface area contributed by atoms with Gasteiger partial charge in [-0.1, -0.05) is 18.2 Å². The summed E-state index contributed by atoms with van der Waals surface area (Å²) in [6, 6.07) is 11.8. The molecule has 2 heterocycles. The Labute approximate surface area is 122 Å².